The van der Waals surface area contributed by atoms with E-state index in [0.29, 0.717) is 13.1 Å². The van der Waals surface area contributed by atoms with Crippen LogP contribution in [0.2, 0.25) is 0 Å². The van der Waals surface area contributed by atoms with Crippen molar-refractivity contribution in [1.29, 1.82) is 0 Å². The molecule has 26 heavy (non-hydrogen) atoms. The lowest BCUT2D eigenvalue weighted by molar-refractivity contribution is 0.208. The first kappa shape index (κ1) is 16.5. The third-order valence-electron chi connectivity index (χ3n) is 4.22. The van der Waals surface area contributed by atoms with Crippen molar-refractivity contribution < 1.29 is 4.79 Å². The van der Waals surface area contributed by atoms with Crippen molar-refractivity contribution in [3.63, 3.8) is 0 Å². The maximum Gasteiger partial charge on any atom is 0.321 e. The molecule has 3 aromatic rings. The van der Waals surface area contributed by atoms with Gasteiger partial charge < -0.3 is 15.1 Å². The first-order valence-corrected chi connectivity index (χ1v) is 9.17. The molecular formula is C18H18N6OS. The fraction of sp³-hybridized carbons (Fsp3) is 0.222. The normalized spacial score (nSPS) is 14.3. The monoisotopic (exact) mass is 366 g/mol. The summed E-state index contributed by atoms with van der Waals surface area (Å²) in [5.74, 6) is 0.753. The van der Waals surface area contributed by atoms with Crippen molar-refractivity contribution in [2.45, 2.75) is 0 Å². The SMILES string of the molecule is O=C(Nc1ccncc1)N1CCN(c2nc(-c3ccccc3)ns2)CC1. The van der Waals surface area contributed by atoms with Gasteiger partial charge in [-0.05, 0) is 12.1 Å². The van der Waals surface area contributed by atoms with Crippen LogP contribution in [0.4, 0.5) is 15.6 Å². The third kappa shape index (κ3) is 3.65. The van der Waals surface area contributed by atoms with Gasteiger partial charge in [-0.2, -0.15) is 9.36 Å². The summed E-state index contributed by atoms with van der Waals surface area (Å²) in [6.45, 7) is 2.79. The van der Waals surface area contributed by atoms with Gasteiger partial charge in [-0.3, -0.25) is 4.98 Å². The van der Waals surface area contributed by atoms with Gasteiger partial charge in [0, 0.05) is 61.4 Å². The van der Waals surface area contributed by atoms with Gasteiger partial charge in [-0.15, -0.1) is 0 Å². The van der Waals surface area contributed by atoms with Crippen molar-refractivity contribution in [2.24, 2.45) is 0 Å². The van der Waals surface area contributed by atoms with E-state index in [0.717, 1.165) is 35.3 Å². The zero-order valence-corrected chi connectivity index (χ0v) is 14.9. The Bertz CT molecular complexity index is 862. The number of piperazine rings is 1. The number of anilines is 2. The van der Waals surface area contributed by atoms with E-state index in [9.17, 15) is 4.79 Å². The predicted molar refractivity (Wildman–Crippen MR) is 102 cm³/mol. The molecule has 1 fully saturated rings. The van der Waals surface area contributed by atoms with Crippen LogP contribution in [0.15, 0.2) is 54.9 Å². The highest BCUT2D eigenvalue weighted by Gasteiger charge is 2.23. The summed E-state index contributed by atoms with van der Waals surface area (Å²) in [5, 5.41) is 3.80. The fourth-order valence-electron chi connectivity index (χ4n) is 2.79. The summed E-state index contributed by atoms with van der Waals surface area (Å²) < 4.78 is 4.46. The summed E-state index contributed by atoms with van der Waals surface area (Å²) >= 11 is 1.40. The van der Waals surface area contributed by atoms with Gasteiger partial charge in [0.2, 0.25) is 5.13 Å². The van der Waals surface area contributed by atoms with Gasteiger partial charge in [0.15, 0.2) is 5.82 Å². The molecule has 0 unspecified atom stereocenters. The second-order valence-electron chi connectivity index (χ2n) is 5.91. The Morgan fingerprint density at radius 3 is 2.46 bits per heavy atom. The Balaban J connectivity index is 1.35. The van der Waals surface area contributed by atoms with Crippen LogP contribution in [0.25, 0.3) is 11.4 Å². The van der Waals surface area contributed by atoms with E-state index in [1.54, 1.807) is 24.5 Å². The highest BCUT2D eigenvalue weighted by Crippen LogP contribution is 2.24. The molecule has 0 aliphatic carbocycles. The van der Waals surface area contributed by atoms with E-state index in [-0.39, 0.29) is 6.03 Å². The zero-order chi connectivity index (χ0) is 17.8. The molecule has 0 spiro atoms. The lowest BCUT2D eigenvalue weighted by Gasteiger charge is -2.34. The minimum atomic E-state index is -0.0851. The van der Waals surface area contributed by atoms with E-state index >= 15 is 0 Å². The number of nitrogens with zero attached hydrogens (tertiary/aromatic N) is 5. The Morgan fingerprint density at radius 2 is 1.73 bits per heavy atom. The molecule has 1 aliphatic heterocycles. The second kappa shape index (κ2) is 7.49. The number of pyridine rings is 1. The molecule has 7 nitrogen and oxygen atoms in total. The van der Waals surface area contributed by atoms with E-state index in [2.05, 4.69) is 24.6 Å². The Hall–Kier alpha value is -3.00. The molecule has 1 saturated heterocycles. The van der Waals surface area contributed by atoms with Crippen molar-refractivity contribution in [2.75, 3.05) is 36.4 Å². The minimum absolute atomic E-state index is 0.0851. The largest absolute Gasteiger partial charge is 0.343 e. The van der Waals surface area contributed by atoms with Crippen LogP contribution >= 0.6 is 11.5 Å². The average Bonchev–Trinajstić information content (AvgIpc) is 3.20. The molecule has 132 valence electrons. The zero-order valence-electron chi connectivity index (χ0n) is 14.1. The summed E-state index contributed by atoms with van der Waals surface area (Å²) in [6, 6.07) is 13.4. The number of urea groups is 1. The summed E-state index contributed by atoms with van der Waals surface area (Å²) in [5.41, 5.74) is 1.77. The summed E-state index contributed by atoms with van der Waals surface area (Å²) in [4.78, 5) is 24.9. The smallest absolute Gasteiger partial charge is 0.321 e. The molecule has 1 N–H and O–H groups in total. The van der Waals surface area contributed by atoms with Crippen molar-refractivity contribution in [1.82, 2.24) is 19.2 Å². The lowest BCUT2D eigenvalue weighted by atomic mass is 10.2. The minimum Gasteiger partial charge on any atom is -0.343 e. The maximum atomic E-state index is 12.4. The molecule has 0 radical (unpaired) electrons. The van der Waals surface area contributed by atoms with Gasteiger partial charge in [0.05, 0.1) is 0 Å². The molecular weight excluding hydrogens is 348 g/mol. The van der Waals surface area contributed by atoms with Crippen LogP contribution < -0.4 is 10.2 Å². The number of rotatable bonds is 3. The standard InChI is InChI=1S/C18H18N6OS/c25-17(20-15-6-8-19-9-7-15)23-10-12-24(13-11-23)18-21-16(22-26-18)14-4-2-1-3-5-14/h1-9H,10-13H2,(H,19,20,25). The Morgan fingerprint density at radius 1 is 1.00 bits per heavy atom. The number of hydrogen-bond acceptors (Lipinski definition) is 6. The number of carbonyl (C=O) groups excluding carboxylic acids is 1. The second-order valence-corrected chi connectivity index (χ2v) is 6.64. The van der Waals surface area contributed by atoms with Gasteiger partial charge in [-0.1, -0.05) is 30.3 Å². The van der Waals surface area contributed by atoms with E-state index in [1.165, 1.54) is 11.5 Å². The first-order valence-electron chi connectivity index (χ1n) is 8.39. The van der Waals surface area contributed by atoms with E-state index in [1.807, 2.05) is 35.2 Å². The predicted octanol–water partition coefficient (Wildman–Crippen LogP) is 2.95. The first-order chi connectivity index (χ1) is 12.8. The van der Waals surface area contributed by atoms with Crippen LogP contribution in [0.3, 0.4) is 0 Å². The highest BCUT2D eigenvalue weighted by atomic mass is 32.1. The van der Waals surface area contributed by atoms with Gasteiger partial charge in [-0.25, -0.2) is 4.79 Å². The van der Waals surface area contributed by atoms with Crippen LogP contribution in [0.5, 0.6) is 0 Å². The van der Waals surface area contributed by atoms with Crippen LogP contribution in [0.1, 0.15) is 0 Å². The molecule has 1 aromatic carbocycles. The molecule has 1 aliphatic rings. The molecule has 0 bridgehead atoms. The molecule has 0 atom stereocenters. The molecule has 3 heterocycles. The summed E-state index contributed by atoms with van der Waals surface area (Å²) in [7, 11) is 0. The Labute approximate surface area is 155 Å². The van der Waals surface area contributed by atoms with Crippen LogP contribution in [0, 0.1) is 0 Å². The molecule has 8 heteroatoms. The van der Waals surface area contributed by atoms with Gasteiger partial charge in [0.1, 0.15) is 0 Å². The fourth-order valence-corrected chi connectivity index (χ4v) is 3.53. The van der Waals surface area contributed by atoms with Crippen molar-refractivity contribution >= 4 is 28.4 Å². The number of amides is 2. The number of benzene rings is 1. The third-order valence-corrected chi connectivity index (χ3v) is 4.99. The van der Waals surface area contributed by atoms with E-state index in [4.69, 9.17) is 0 Å². The van der Waals surface area contributed by atoms with Crippen molar-refractivity contribution in [3.8, 4) is 11.4 Å². The highest BCUT2D eigenvalue weighted by molar-refractivity contribution is 7.09. The summed E-state index contributed by atoms with van der Waals surface area (Å²) in [6.07, 6.45) is 3.32. The number of aromatic nitrogens is 3. The van der Waals surface area contributed by atoms with Gasteiger partial charge in [0.25, 0.3) is 0 Å². The quantitative estimate of drug-likeness (QED) is 0.771. The van der Waals surface area contributed by atoms with Gasteiger partial charge >= 0.3 is 6.03 Å². The molecule has 2 aromatic heterocycles. The van der Waals surface area contributed by atoms with Crippen molar-refractivity contribution in [3.05, 3.63) is 54.9 Å². The van der Waals surface area contributed by atoms with Crippen LogP contribution in [-0.2, 0) is 0 Å². The Kier molecular flexibility index (Phi) is 4.74. The average molecular weight is 366 g/mol. The van der Waals surface area contributed by atoms with Crippen LogP contribution in [-0.4, -0.2) is 51.5 Å². The maximum absolute atomic E-state index is 12.4. The van der Waals surface area contributed by atoms with E-state index < -0.39 is 0 Å². The molecule has 4 rings (SSSR count). The number of nitrogens with one attached hydrogen (secondary N) is 1. The lowest BCUT2D eigenvalue weighted by Crippen LogP contribution is -2.50. The molecule has 0 saturated carbocycles. The number of hydrogen-bond donors (Lipinski definition) is 1. The number of carbonyl (C=O) groups is 1. The topological polar surface area (TPSA) is 74.2 Å². The molecule has 2 amide bonds.